The largest absolute Gasteiger partial charge is 0.444 e. The van der Waals surface area contributed by atoms with Gasteiger partial charge in [-0.2, -0.15) is 5.10 Å². The lowest BCUT2D eigenvalue weighted by Crippen LogP contribution is -2.49. The zero-order valence-electron chi connectivity index (χ0n) is 21.2. The van der Waals surface area contributed by atoms with Gasteiger partial charge in [-0.1, -0.05) is 6.07 Å². The van der Waals surface area contributed by atoms with Crippen molar-refractivity contribution in [2.45, 2.75) is 32.9 Å². The first kappa shape index (κ1) is 23.8. The Morgan fingerprint density at radius 1 is 1.11 bits per heavy atom. The summed E-state index contributed by atoms with van der Waals surface area (Å²) < 4.78 is 7.28. The molecule has 5 rings (SSSR count). The summed E-state index contributed by atoms with van der Waals surface area (Å²) in [5.41, 5.74) is 4.42. The highest BCUT2D eigenvalue weighted by molar-refractivity contribution is 5.83. The van der Waals surface area contributed by atoms with Crippen LogP contribution in [0.4, 0.5) is 16.6 Å². The van der Waals surface area contributed by atoms with E-state index in [2.05, 4.69) is 36.3 Å². The molecule has 0 atom stereocenters. The third-order valence-electron chi connectivity index (χ3n) is 5.99. The second-order valence-corrected chi connectivity index (χ2v) is 10.1. The lowest BCUT2D eigenvalue weighted by atomic mass is 10.1. The van der Waals surface area contributed by atoms with Gasteiger partial charge in [-0.05, 0) is 56.7 Å². The zero-order chi connectivity index (χ0) is 25.3. The number of benzene rings is 1. The number of piperazine rings is 1. The van der Waals surface area contributed by atoms with Crippen molar-refractivity contribution in [3.05, 3.63) is 54.4 Å². The van der Waals surface area contributed by atoms with Crippen LogP contribution in [0.1, 0.15) is 26.3 Å². The maximum atomic E-state index is 12.3. The van der Waals surface area contributed by atoms with E-state index in [9.17, 15) is 4.79 Å². The molecule has 188 valence electrons. The highest BCUT2D eigenvalue weighted by Gasteiger charge is 2.25. The number of hydrogen-bond donors (Lipinski definition) is 2. The van der Waals surface area contributed by atoms with Crippen LogP contribution in [0.25, 0.3) is 22.3 Å². The van der Waals surface area contributed by atoms with Crippen molar-refractivity contribution >= 4 is 28.9 Å². The van der Waals surface area contributed by atoms with E-state index in [1.165, 1.54) is 0 Å². The average molecular weight is 489 g/mol. The average Bonchev–Trinajstić information content (AvgIpc) is 3.43. The van der Waals surface area contributed by atoms with Crippen molar-refractivity contribution in [1.82, 2.24) is 34.5 Å². The molecule has 0 radical (unpaired) electrons. The number of nitrogens with one attached hydrogen (secondary N) is 2. The van der Waals surface area contributed by atoms with Gasteiger partial charge < -0.3 is 19.9 Å². The molecule has 4 aromatic rings. The molecule has 10 nitrogen and oxygen atoms in total. The first-order valence-electron chi connectivity index (χ1n) is 12.1. The van der Waals surface area contributed by atoms with Gasteiger partial charge in [0, 0.05) is 57.7 Å². The quantitative estimate of drug-likeness (QED) is 0.435. The standard InChI is InChI=1S/C26H32N8O2/c1-26(2,3)36-25(35)34-13-11-33(12-14-34)17-18-7-9-27-23(15-18)30-24-28-21-6-5-19(16-22(21)29-24)20-8-10-32(4)31-20/h5-10,15-16H,11-14,17H2,1-4H3,(H2,27,28,29,30). The van der Waals surface area contributed by atoms with Crippen LogP contribution < -0.4 is 5.32 Å². The van der Waals surface area contributed by atoms with Gasteiger partial charge in [0.2, 0.25) is 5.95 Å². The Morgan fingerprint density at radius 2 is 1.92 bits per heavy atom. The Labute approximate surface area is 210 Å². The van der Waals surface area contributed by atoms with Crippen LogP contribution in [-0.2, 0) is 18.3 Å². The van der Waals surface area contributed by atoms with Crippen molar-refractivity contribution in [2.75, 3.05) is 31.5 Å². The smallest absolute Gasteiger partial charge is 0.410 e. The molecule has 0 saturated carbocycles. The van der Waals surface area contributed by atoms with Crippen molar-refractivity contribution in [3.8, 4) is 11.3 Å². The number of pyridine rings is 1. The number of hydrogen-bond acceptors (Lipinski definition) is 7. The lowest BCUT2D eigenvalue weighted by molar-refractivity contribution is 0.0139. The summed E-state index contributed by atoms with van der Waals surface area (Å²) in [6, 6.07) is 12.1. The minimum atomic E-state index is -0.476. The van der Waals surface area contributed by atoms with Gasteiger partial charge in [0.15, 0.2) is 0 Å². The van der Waals surface area contributed by atoms with Crippen LogP contribution in [0.3, 0.4) is 0 Å². The van der Waals surface area contributed by atoms with E-state index >= 15 is 0 Å². The van der Waals surface area contributed by atoms with Gasteiger partial charge in [0.25, 0.3) is 0 Å². The van der Waals surface area contributed by atoms with Crippen molar-refractivity contribution < 1.29 is 9.53 Å². The predicted octanol–water partition coefficient (Wildman–Crippen LogP) is 4.15. The molecule has 1 aromatic carbocycles. The number of nitrogens with zero attached hydrogens (tertiary/aromatic N) is 6. The highest BCUT2D eigenvalue weighted by Crippen LogP contribution is 2.24. The molecule has 1 aliphatic heterocycles. The summed E-state index contributed by atoms with van der Waals surface area (Å²) in [5, 5.41) is 7.77. The second-order valence-electron chi connectivity index (χ2n) is 10.1. The molecule has 1 fully saturated rings. The monoisotopic (exact) mass is 488 g/mol. The number of H-pyrrole nitrogens is 1. The van der Waals surface area contributed by atoms with E-state index in [1.54, 1.807) is 15.8 Å². The van der Waals surface area contributed by atoms with Crippen LogP contribution >= 0.6 is 0 Å². The van der Waals surface area contributed by atoms with E-state index in [0.717, 1.165) is 53.3 Å². The van der Waals surface area contributed by atoms with Crippen molar-refractivity contribution in [3.63, 3.8) is 0 Å². The number of ether oxygens (including phenoxy) is 1. The van der Waals surface area contributed by atoms with Gasteiger partial charge in [0.05, 0.1) is 16.7 Å². The molecule has 4 heterocycles. The minimum Gasteiger partial charge on any atom is -0.444 e. The first-order chi connectivity index (χ1) is 17.2. The van der Waals surface area contributed by atoms with Gasteiger partial charge in [-0.15, -0.1) is 0 Å². The number of imidazole rings is 1. The molecule has 3 aromatic heterocycles. The van der Waals surface area contributed by atoms with Crippen molar-refractivity contribution in [1.29, 1.82) is 0 Å². The third kappa shape index (κ3) is 5.65. The maximum Gasteiger partial charge on any atom is 0.410 e. The molecular formula is C26H32N8O2. The third-order valence-corrected chi connectivity index (χ3v) is 5.99. The van der Waals surface area contributed by atoms with E-state index < -0.39 is 5.60 Å². The van der Waals surface area contributed by atoms with Gasteiger partial charge >= 0.3 is 6.09 Å². The van der Waals surface area contributed by atoms with E-state index in [4.69, 9.17) is 4.74 Å². The summed E-state index contributed by atoms with van der Waals surface area (Å²) in [6.07, 6.45) is 3.49. The van der Waals surface area contributed by atoms with Gasteiger partial charge in [-0.25, -0.2) is 14.8 Å². The molecule has 0 bridgehead atoms. The highest BCUT2D eigenvalue weighted by atomic mass is 16.6. The first-order valence-corrected chi connectivity index (χ1v) is 12.1. The van der Waals surface area contributed by atoms with Crippen LogP contribution in [0, 0.1) is 0 Å². The Kier molecular flexibility index (Phi) is 6.36. The molecule has 36 heavy (non-hydrogen) atoms. The molecular weight excluding hydrogens is 456 g/mol. The number of aromatic amines is 1. The molecule has 0 unspecified atom stereocenters. The fraction of sp³-hybridized carbons (Fsp3) is 0.385. The van der Waals surface area contributed by atoms with Crippen LogP contribution in [-0.4, -0.2) is 72.4 Å². The Hall–Kier alpha value is -3.92. The maximum absolute atomic E-state index is 12.3. The van der Waals surface area contributed by atoms with Crippen molar-refractivity contribution in [2.24, 2.45) is 7.05 Å². The number of anilines is 2. The summed E-state index contributed by atoms with van der Waals surface area (Å²) in [5.74, 6) is 1.36. The zero-order valence-corrected chi connectivity index (χ0v) is 21.2. The Morgan fingerprint density at radius 3 is 2.64 bits per heavy atom. The number of fused-ring (bicyclic) bond motifs is 1. The molecule has 1 aliphatic rings. The Bertz CT molecular complexity index is 1360. The summed E-state index contributed by atoms with van der Waals surface area (Å²) >= 11 is 0. The number of carbonyl (C=O) groups excluding carboxylic acids is 1. The van der Waals surface area contributed by atoms with E-state index in [1.807, 2.05) is 64.3 Å². The lowest BCUT2D eigenvalue weighted by Gasteiger charge is -2.35. The van der Waals surface area contributed by atoms with E-state index in [0.29, 0.717) is 19.0 Å². The number of aromatic nitrogens is 5. The van der Waals surface area contributed by atoms with Gasteiger partial charge in [0.1, 0.15) is 11.4 Å². The van der Waals surface area contributed by atoms with Crippen LogP contribution in [0.2, 0.25) is 0 Å². The second kappa shape index (κ2) is 9.62. The molecule has 10 heteroatoms. The SMILES string of the molecule is Cn1ccc(-c2ccc3nc(Nc4cc(CN5CCN(C(=O)OC(C)(C)C)CC5)ccn4)[nH]c3c2)n1. The van der Waals surface area contributed by atoms with Gasteiger partial charge in [-0.3, -0.25) is 9.58 Å². The molecule has 1 saturated heterocycles. The summed E-state index contributed by atoms with van der Waals surface area (Å²) in [4.78, 5) is 28.9. The number of amides is 1. The Balaban J connectivity index is 1.20. The fourth-order valence-electron chi connectivity index (χ4n) is 4.23. The van der Waals surface area contributed by atoms with Crippen LogP contribution in [0.5, 0.6) is 0 Å². The van der Waals surface area contributed by atoms with E-state index in [-0.39, 0.29) is 6.09 Å². The normalized spacial score (nSPS) is 14.8. The van der Waals surface area contributed by atoms with Crippen LogP contribution in [0.15, 0.2) is 48.8 Å². The summed E-state index contributed by atoms with van der Waals surface area (Å²) in [7, 11) is 1.91. The number of rotatable bonds is 5. The number of aryl methyl sites for hydroxylation is 1. The molecule has 1 amide bonds. The summed E-state index contributed by atoms with van der Waals surface area (Å²) in [6.45, 7) is 9.37. The molecule has 2 N–H and O–H groups in total. The minimum absolute atomic E-state index is 0.240. The number of carbonyl (C=O) groups is 1. The predicted molar refractivity (Wildman–Crippen MR) is 139 cm³/mol. The molecule has 0 aliphatic carbocycles. The fourth-order valence-corrected chi connectivity index (χ4v) is 4.23. The molecule has 0 spiro atoms. The topological polar surface area (TPSA) is 104 Å².